The van der Waals surface area contributed by atoms with Crippen molar-refractivity contribution >= 4 is 23.4 Å². The van der Waals surface area contributed by atoms with E-state index in [4.69, 9.17) is 14.2 Å². The summed E-state index contributed by atoms with van der Waals surface area (Å²) in [6.07, 6.45) is 0. The summed E-state index contributed by atoms with van der Waals surface area (Å²) in [5.74, 6) is 1.82. The van der Waals surface area contributed by atoms with E-state index in [0.29, 0.717) is 33.8 Å². The van der Waals surface area contributed by atoms with Gasteiger partial charge in [-0.15, -0.1) is 5.10 Å². The summed E-state index contributed by atoms with van der Waals surface area (Å²) < 4.78 is 17.3. The van der Waals surface area contributed by atoms with Crippen molar-refractivity contribution in [2.75, 3.05) is 32.4 Å². The number of thioether (sulfide) groups is 1. The predicted octanol–water partition coefficient (Wildman–Crippen LogP) is 2.42. The highest BCUT2D eigenvalue weighted by Gasteiger charge is 2.16. The van der Waals surface area contributed by atoms with Crippen molar-refractivity contribution in [1.29, 1.82) is 0 Å². The molecule has 146 valence electrons. The molecular formula is C18H19N5O4S. The molecule has 1 aromatic heterocycles. The maximum absolute atomic E-state index is 12.3. The maximum atomic E-state index is 12.3. The largest absolute Gasteiger partial charge is 0.497 e. The molecule has 0 aliphatic heterocycles. The fourth-order valence-electron chi connectivity index (χ4n) is 2.41. The number of nitrogens with one attached hydrogen (secondary N) is 1. The zero-order valence-electron chi connectivity index (χ0n) is 15.6. The third kappa shape index (κ3) is 4.52. The number of nitrogens with zero attached hydrogens (tertiary/aromatic N) is 4. The number of hydrogen-bond donors (Lipinski definition) is 1. The Bertz CT molecular complexity index is 963. The number of tetrazole rings is 1. The van der Waals surface area contributed by atoms with Gasteiger partial charge in [-0.1, -0.05) is 17.8 Å². The number of carbonyl (C=O) groups excluding carboxylic acids is 1. The summed E-state index contributed by atoms with van der Waals surface area (Å²) in [7, 11) is 4.71. The molecule has 1 heterocycles. The van der Waals surface area contributed by atoms with Crippen LogP contribution in [0.4, 0.5) is 5.69 Å². The lowest BCUT2D eigenvalue weighted by molar-refractivity contribution is -0.113. The Morgan fingerprint density at radius 2 is 1.86 bits per heavy atom. The van der Waals surface area contributed by atoms with E-state index in [2.05, 4.69) is 20.8 Å². The molecule has 0 saturated heterocycles. The second-order valence-electron chi connectivity index (χ2n) is 5.48. The van der Waals surface area contributed by atoms with Gasteiger partial charge in [-0.25, -0.2) is 0 Å². The first-order valence-corrected chi connectivity index (χ1v) is 9.20. The lowest BCUT2D eigenvalue weighted by Crippen LogP contribution is -2.14. The van der Waals surface area contributed by atoms with Crippen molar-refractivity contribution in [2.45, 2.75) is 5.16 Å². The number of amides is 1. The average molecular weight is 401 g/mol. The number of methoxy groups -OCH3 is 3. The van der Waals surface area contributed by atoms with Crippen molar-refractivity contribution < 1.29 is 19.0 Å². The van der Waals surface area contributed by atoms with E-state index in [0.717, 1.165) is 0 Å². The molecule has 0 aliphatic carbocycles. The molecular weight excluding hydrogens is 382 g/mol. The van der Waals surface area contributed by atoms with Crippen LogP contribution in [0.1, 0.15) is 0 Å². The monoisotopic (exact) mass is 401 g/mol. The molecule has 0 atom stereocenters. The number of ether oxygens (including phenoxy) is 3. The molecule has 0 fully saturated rings. The Labute approximate surface area is 166 Å². The average Bonchev–Trinajstić information content (AvgIpc) is 3.20. The Morgan fingerprint density at radius 1 is 1.07 bits per heavy atom. The van der Waals surface area contributed by atoms with Crippen LogP contribution in [0.3, 0.4) is 0 Å². The lowest BCUT2D eigenvalue weighted by atomic mass is 10.3. The Balaban J connectivity index is 1.72. The highest BCUT2D eigenvalue weighted by Crippen LogP contribution is 2.29. The van der Waals surface area contributed by atoms with Crippen molar-refractivity contribution in [3.05, 3.63) is 42.5 Å². The smallest absolute Gasteiger partial charge is 0.234 e. The van der Waals surface area contributed by atoms with E-state index in [1.54, 1.807) is 63.8 Å². The van der Waals surface area contributed by atoms with Crippen LogP contribution in [0, 0.1) is 0 Å². The fourth-order valence-corrected chi connectivity index (χ4v) is 3.09. The van der Waals surface area contributed by atoms with Gasteiger partial charge in [0.1, 0.15) is 22.9 Å². The second-order valence-corrected chi connectivity index (χ2v) is 6.42. The molecule has 28 heavy (non-hydrogen) atoms. The molecule has 1 N–H and O–H groups in total. The van der Waals surface area contributed by atoms with E-state index < -0.39 is 0 Å². The molecule has 0 aliphatic rings. The minimum Gasteiger partial charge on any atom is -0.497 e. The van der Waals surface area contributed by atoms with E-state index in [1.165, 1.54) is 16.4 Å². The zero-order valence-corrected chi connectivity index (χ0v) is 16.4. The molecule has 0 bridgehead atoms. The fraction of sp³-hybridized carbons (Fsp3) is 0.222. The SMILES string of the molecule is COc1cccc(NC(=O)CSc2nnnn2-c2cc(OC)ccc2OC)c1. The molecule has 9 nitrogen and oxygen atoms in total. The topological polar surface area (TPSA) is 100 Å². The molecule has 0 unspecified atom stereocenters. The number of hydrogen-bond acceptors (Lipinski definition) is 8. The second kappa shape index (κ2) is 9.09. The quantitative estimate of drug-likeness (QED) is 0.575. The first-order valence-electron chi connectivity index (χ1n) is 8.22. The molecule has 3 rings (SSSR count). The highest BCUT2D eigenvalue weighted by atomic mass is 32.2. The van der Waals surface area contributed by atoms with Crippen LogP contribution in [0.5, 0.6) is 17.2 Å². The van der Waals surface area contributed by atoms with Crippen molar-refractivity contribution in [1.82, 2.24) is 20.2 Å². The standard InChI is InChI=1S/C18H19N5O4S/c1-25-13-6-4-5-12(9-13)19-17(24)11-28-18-20-21-22-23(18)15-10-14(26-2)7-8-16(15)27-3/h4-10H,11H2,1-3H3,(H,19,24). The van der Waals surface area contributed by atoms with Crippen LogP contribution in [0.25, 0.3) is 5.69 Å². The maximum Gasteiger partial charge on any atom is 0.234 e. The normalized spacial score (nSPS) is 10.4. The van der Waals surface area contributed by atoms with Gasteiger partial charge in [0.25, 0.3) is 0 Å². The number of rotatable bonds is 8. The van der Waals surface area contributed by atoms with Crippen molar-refractivity contribution in [3.8, 4) is 22.9 Å². The zero-order chi connectivity index (χ0) is 19.9. The van der Waals surface area contributed by atoms with Crippen LogP contribution in [0.2, 0.25) is 0 Å². The van der Waals surface area contributed by atoms with Crippen LogP contribution in [-0.4, -0.2) is 53.2 Å². The van der Waals surface area contributed by atoms with Gasteiger partial charge in [0.05, 0.1) is 27.1 Å². The van der Waals surface area contributed by atoms with E-state index in [-0.39, 0.29) is 11.7 Å². The third-order valence-electron chi connectivity index (χ3n) is 3.74. The van der Waals surface area contributed by atoms with Crippen LogP contribution in [0.15, 0.2) is 47.6 Å². The van der Waals surface area contributed by atoms with Gasteiger partial charge >= 0.3 is 0 Å². The lowest BCUT2D eigenvalue weighted by Gasteiger charge is -2.11. The summed E-state index contributed by atoms with van der Waals surface area (Å²) in [5.41, 5.74) is 1.27. The van der Waals surface area contributed by atoms with E-state index in [9.17, 15) is 4.79 Å². The van der Waals surface area contributed by atoms with Gasteiger partial charge < -0.3 is 19.5 Å². The third-order valence-corrected chi connectivity index (χ3v) is 4.66. The molecule has 0 radical (unpaired) electrons. The summed E-state index contributed by atoms with van der Waals surface area (Å²) in [5, 5.41) is 15.0. The summed E-state index contributed by atoms with van der Waals surface area (Å²) >= 11 is 1.21. The number of benzene rings is 2. The number of aromatic nitrogens is 4. The Kier molecular flexibility index (Phi) is 6.33. The van der Waals surface area contributed by atoms with Gasteiger partial charge in [-0.3, -0.25) is 4.79 Å². The predicted molar refractivity (Wildman–Crippen MR) is 105 cm³/mol. The van der Waals surface area contributed by atoms with Crippen LogP contribution >= 0.6 is 11.8 Å². The number of carbonyl (C=O) groups is 1. The highest BCUT2D eigenvalue weighted by molar-refractivity contribution is 7.99. The molecule has 3 aromatic rings. The summed E-state index contributed by atoms with van der Waals surface area (Å²) in [4.78, 5) is 12.3. The first-order chi connectivity index (χ1) is 13.6. The molecule has 0 saturated carbocycles. The van der Waals surface area contributed by atoms with Gasteiger partial charge in [0.2, 0.25) is 11.1 Å². The van der Waals surface area contributed by atoms with Gasteiger partial charge in [-0.2, -0.15) is 4.68 Å². The molecule has 1 amide bonds. The Hall–Kier alpha value is -3.27. The van der Waals surface area contributed by atoms with E-state index in [1.807, 2.05) is 0 Å². The minimum atomic E-state index is -0.189. The minimum absolute atomic E-state index is 0.129. The molecule has 2 aromatic carbocycles. The van der Waals surface area contributed by atoms with Crippen molar-refractivity contribution in [3.63, 3.8) is 0 Å². The van der Waals surface area contributed by atoms with Crippen LogP contribution < -0.4 is 19.5 Å². The van der Waals surface area contributed by atoms with Crippen LogP contribution in [-0.2, 0) is 4.79 Å². The summed E-state index contributed by atoms with van der Waals surface area (Å²) in [6, 6.07) is 12.4. The van der Waals surface area contributed by atoms with E-state index >= 15 is 0 Å². The van der Waals surface area contributed by atoms with Gasteiger partial charge in [0, 0.05) is 17.8 Å². The molecule has 0 spiro atoms. The summed E-state index contributed by atoms with van der Waals surface area (Å²) in [6.45, 7) is 0. The van der Waals surface area contributed by atoms with Gasteiger partial charge in [-0.05, 0) is 34.7 Å². The van der Waals surface area contributed by atoms with Gasteiger partial charge in [0.15, 0.2) is 0 Å². The number of anilines is 1. The Morgan fingerprint density at radius 3 is 2.61 bits per heavy atom. The first kappa shape index (κ1) is 19.5. The van der Waals surface area contributed by atoms with Crippen molar-refractivity contribution in [2.24, 2.45) is 0 Å². The molecule has 10 heteroatoms.